The number of benzene rings is 2. The molecule has 0 bridgehead atoms. The molecule has 0 spiro atoms. The van der Waals surface area contributed by atoms with Crippen LogP contribution in [0.2, 0.25) is 0 Å². The molecule has 2 aromatic rings. The molecule has 2 aliphatic rings. The van der Waals surface area contributed by atoms with Gasteiger partial charge in [0.1, 0.15) is 17.6 Å². The molecule has 0 unspecified atom stereocenters. The van der Waals surface area contributed by atoms with E-state index in [1.807, 2.05) is 55.5 Å². The first kappa shape index (κ1) is 19.3. The van der Waals surface area contributed by atoms with Crippen molar-refractivity contribution in [2.75, 3.05) is 26.0 Å². The maximum atomic E-state index is 12.7. The number of rotatable bonds is 5. The molecule has 0 aliphatic carbocycles. The van der Waals surface area contributed by atoms with Gasteiger partial charge in [-0.2, -0.15) is 0 Å². The van der Waals surface area contributed by atoms with Crippen molar-refractivity contribution >= 4 is 9.84 Å². The van der Waals surface area contributed by atoms with E-state index in [-0.39, 0.29) is 23.0 Å². The predicted octanol–water partition coefficient (Wildman–Crippen LogP) is 3.07. The summed E-state index contributed by atoms with van der Waals surface area (Å²) in [6.45, 7) is 4.10. The van der Waals surface area contributed by atoms with Gasteiger partial charge in [0.25, 0.3) is 0 Å². The van der Waals surface area contributed by atoms with Crippen molar-refractivity contribution < 1.29 is 17.9 Å². The number of nitrogens with zero attached hydrogens (tertiary/aromatic N) is 1. The maximum Gasteiger partial charge on any atom is 0.155 e. The Hall–Kier alpha value is -2.05. The van der Waals surface area contributed by atoms with Crippen LogP contribution in [-0.2, 0) is 16.4 Å². The van der Waals surface area contributed by atoms with Crippen LogP contribution in [0.25, 0.3) is 0 Å². The Balaban J connectivity index is 1.48. The Bertz CT molecular complexity index is 909. The van der Waals surface area contributed by atoms with Crippen LogP contribution in [-0.4, -0.2) is 50.6 Å². The molecule has 0 aromatic heterocycles. The lowest BCUT2D eigenvalue weighted by atomic mass is 9.98. The molecule has 28 heavy (non-hydrogen) atoms. The molecule has 6 heteroatoms. The van der Waals surface area contributed by atoms with E-state index in [0.29, 0.717) is 13.0 Å². The molecular weight excluding hydrogens is 374 g/mol. The number of sulfone groups is 1. The van der Waals surface area contributed by atoms with E-state index in [1.54, 1.807) is 7.11 Å². The van der Waals surface area contributed by atoms with Gasteiger partial charge in [0.15, 0.2) is 9.84 Å². The van der Waals surface area contributed by atoms with E-state index in [2.05, 4.69) is 4.90 Å². The number of hydrogen-bond donors (Lipinski definition) is 0. The average molecular weight is 402 g/mol. The summed E-state index contributed by atoms with van der Waals surface area (Å²) in [6.07, 6.45) is 0.505. The number of hydrogen-bond acceptors (Lipinski definition) is 5. The summed E-state index contributed by atoms with van der Waals surface area (Å²) in [5.41, 5.74) is 2.34. The van der Waals surface area contributed by atoms with Gasteiger partial charge in [-0.05, 0) is 43.2 Å². The topological polar surface area (TPSA) is 55.8 Å². The van der Waals surface area contributed by atoms with Crippen LogP contribution < -0.4 is 9.47 Å². The van der Waals surface area contributed by atoms with Gasteiger partial charge in [-0.25, -0.2) is 8.42 Å². The second-order valence-electron chi connectivity index (χ2n) is 7.87. The van der Waals surface area contributed by atoms with Crippen molar-refractivity contribution in [1.82, 2.24) is 4.90 Å². The minimum absolute atomic E-state index is 0.0123. The SMILES string of the molecule is COc1ccc(CN2C[C@@H]3[C@@H](Oc4ccc(C)cc4)CCS(=O)(=O)[C@H]3C2)cc1. The Morgan fingerprint density at radius 1 is 1.00 bits per heavy atom. The third kappa shape index (κ3) is 4.03. The third-order valence-electron chi connectivity index (χ3n) is 5.88. The van der Waals surface area contributed by atoms with Gasteiger partial charge < -0.3 is 9.47 Å². The first-order chi connectivity index (χ1) is 13.4. The lowest BCUT2D eigenvalue weighted by Gasteiger charge is -2.33. The molecule has 2 fully saturated rings. The van der Waals surface area contributed by atoms with Crippen molar-refractivity contribution in [3.8, 4) is 11.5 Å². The molecule has 0 N–H and O–H groups in total. The van der Waals surface area contributed by atoms with E-state index in [9.17, 15) is 8.42 Å². The molecule has 2 aromatic carbocycles. The largest absolute Gasteiger partial charge is 0.497 e. The average Bonchev–Trinajstić information content (AvgIpc) is 3.12. The molecular formula is C22H27NO4S. The molecule has 150 valence electrons. The van der Waals surface area contributed by atoms with Crippen molar-refractivity contribution in [1.29, 1.82) is 0 Å². The molecule has 4 rings (SSSR count). The molecule has 3 atom stereocenters. The summed E-state index contributed by atoms with van der Waals surface area (Å²) >= 11 is 0. The monoisotopic (exact) mass is 401 g/mol. The predicted molar refractivity (Wildman–Crippen MR) is 110 cm³/mol. The lowest BCUT2D eigenvalue weighted by Crippen LogP contribution is -2.46. The molecule has 0 saturated carbocycles. The summed E-state index contributed by atoms with van der Waals surface area (Å²) in [5, 5.41) is -0.338. The zero-order valence-corrected chi connectivity index (χ0v) is 17.2. The second-order valence-corrected chi connectivity index (χ2v) is 10.2. The fourth-order valence-electron chi connectivity index (χ4n) is 4.32. The Morgan fingerprint density at radius 2 is 1.68 bits per heavy atom. The van der Waals surface area contributed by atoms with Gasteiger partial charge in [0.2, 0.25) is 0 Å². The van der Waals surface area contributed by atoms with Gasteiger partial charge in [-0.1, -0.05) is 29.8 Å². The van der Waals surface area contributed by atoms with E-state index in [0.717, 1.165) is 30.2 Å². The van der Waals surface area contributed by atoms with Crippen molar-refractivity contribution in [3.05, 3.63) is 59.7 Å². The standard InChI is InChI=1S/C22H27NO4S/c1-16-3-7-19(8-4-16)27-21-11-12-28(24,25)22-15-23(14-20(21)22)13-17-5-9-18(26-2)10-6-17/h3-10,20-22H,11-15H2,1-2H3/t20-,21+,22+/m1/s1. The highest BCUT2D eigenvalue weighted by molar-refractivity contribution is 7.92. The van der Waals surface area contributed by atoms with Gasteiger partial charge in [0.05, 0.1) is 18.1 Å². The van der Waals surface area contributed by atoms with Crippen molar-refractivity contribution in [2.45, 2.75) is 31.2 Å². The molecule has 0 radical (unpaired) electrons. The van der Waals surface area contributed by atoms with Gasteiger partial charge in [0, 0.05) is 25.6 Å². The normalized spacial score (nSPS) is 26.6. The van der Waals surface area contributed by atoms with Crippen LogP contribution in [0.4, 0.5) is 0 Å². The summed E-state index contributed by atoms with van der Waals surface area (Å²) < 4.78 is 36.8. The summed E-state index contributed by atoms with van der Waals surface area (Å²) in [6, 6.07) is 15.9. The van der Waals surface area contributed by atoms with Crippen LogP contribution >= 0.6 is 0 Å². The van der Waals surface area contributed by atoms with E-state index in [4.69, 9.17) is 9.47 Å². The van der Waals surface area contributed by atoms with E-state index in [1.165, 1.54) is 5.56 Å². The summed E-state index contributed by atoms with van der Waals surface area (Å²) in [7, 11) is -1.42. The number of methoxy groups -OCH3 is 1. The Morgan fingerprint density at radius 3 is 2.36 bits per heavy atom. The first-order valence-corrected chi connectivity index (χ1v) is 11.5. The smallest absolute Gasteiger partial charge is 0.155 e. The summed E-state index contributed by atoms with van der Waals surface area (Å²) in [4.78, 5) is 2.24. The minimum Gasteiger partial charge on any atom is -0.497 e. The fourth-order valence-corrected chi connectivity index (χ4v) is 6.41. The molecule has 2 aliphatic heterocycles. The minimum atomic E-state index is -3.07. The van der Waals surface area contributed by atoms with E-state index >= 15 is 0 Å². The molecule has 2 saturated heterocycles. The molecule has 2 heterocycles. The van der Waals surface area contributed by atoms with E-state index < -0.39 is 9.84 Å². The Labute approximate surface area is 167 Å². The van der Waals surface area contributed by atoms with Crippen LogP contribution in [0.3, 0.4) is 0 Å². The van der Waals surface area contributed by atoms with Gasteiger partial charge in [-0.15, -0.1) is 0 Å². The van der Waals surface area contributed by atoms with Crippen LogP contribution in [0, 0.1) is 12.8 Å². The van der Waals surface area contributed by atoms with Crippen LogP contribution in [0.5, 0.6) is 11.5 Å². The molecule has 0 amide bonds. The number of aryl methyl sites for hydroxylation is 1. The summed E-state index contributed by atoms with van der Waals surface area (Å²) in [5.74, 6) is 1.87. The number of fused-ring (bicyclic) bond motifs is 1. The maximum absolute atomic E-state index is 12.7. The van der Waals surface area contributed by atoms with Crippen LogP contribution in [0.1, 0.15) is 17.5 Å². The zero-order valence-electron chi connectivity index (χ0n) is 16.4. The number of ether oxygens (including phenoxy) is 2. The fraction of sp³-hybridized carbons (Fsp3) is 0.455. The van der Waals surface area contributed by atoms with Crippen LogP contribution in [0.15, 0.2) is 48.5 Å². The first-order valence-electron chi connectivity index (χ1n) is 9.75. The highest BCUT2D eigenvalue weighted by Crippen LogP contribution is 2.36. The second kappa shape index (κ2) is 7.76. The Kier molecular flexibility index (Phi) is 5.34. The lowest BCUT2D eigenvalue weighted by molar-refractivity contribution is 0.126. The van der Waals surface area contributed by atoms with Crippen molar-refractivity contribution in [3.63, 3.8) is 0 Å². The molecule has 5 nitrogen and oxygen atoms in total. The third-order valence-corrected chi connectivity index (χ3v) is 8.11. The quantitative estimate of drug-likeness (QED) is 0.771. The van der Waals surface area contributed by atoms with Gasteiger partial charge >= 0.3 is 0 Å². The highest BCUT2D eigenvalue weighted by Gasteiger charge is 2.49. The van der Waals surface area contributed by atoms with Gasteiger partial charge in [-0.3, -0.25) is 4.90 Å². The van der Waals surface area contributed by atoms with Crippen molar-refractivity contribution in [2.24, 2.45) is 5.92 Å². The number of likely N-dealkylation sites (tertiary alicyclic amines) is 1. The highest BCUT2D eigenvalue weighted by atomic mass is 32.2. The zero-order chi connectivity index (χ0) is 19.7.